The first-order valence-corrected chi connectivity index (χ1v) is 10.2. The second-order valence-electron chi connectivity index (χ2n) is 7.46. The van der Waals surface area contributed by atoms with Crippen molar-refractivity contribution in [1.82, 2.24) is 24.7 Å². The molecule has 4 rings (SSSR count). The summed E-state index contributed by atoms with van der Waals surface area (Å²) in [6.45, 7) is 0.352. The second kappa shape index (κ2) is 9.21. The van der Waals surface area contributed by atoms with Crippen molar-refractivity contribution in [1.29, 1.82) is 0 Å². The first-order valence-electron chi connectivity index (χ1n) is 12.7. The van der Waals surface area contributed by atoms with E-state index in [1.165, 1.54) is 6.20 Å². The van der Waals surface area contributed by atoms with Gasteiger partial charge in [0.15, 0.2) is 0 Å². The Kier molecular flexibility index (Phi) is 4.61. The fourth-order valence-corrected chi connectivity index (χ4v) is 3.58. The molecular formula is C24H28N6O2. The summed E-state index contributed by atoms with van der Waals surface area (Å²) in [5.74, 6) is 0.327. The summed E-state index contributed by atoms with van der Waals surface area (Å²) in [7, 11) is 1.56. The molecule has 8 heteroatoms. The molecule has 1 N–H and O–H groups in total. The predicted octanol–water partition coefficient (Wildman–Crippen LogP) is 4.80. The molecule has 0 aromatic carbocycles. The molecule has 32 heavy (non-hydrogen) atoms. The second-order valence-corrected chi connectivity index (χ2v) is 7.46. The van der Waals surface area contributed by atoms with Gasteiger partial charge >= 0.3 is 0 Å². The number of anilines is 1. The highest BCUT2D eigenvalue weighted by atomic mass is 16.5. The van der Waals surface area contributed by atoms with Crippen LogP contribution in [0.25, 0.3) is 22.3 Å². The Balaban J connectivity index is 1.85. The Hall–Kier alpha value is -3.68. The molecule has 4 aromatic heterocycles. The number of hydrogen-bond donors (Lipinski definition) is 1. The summed E-state index contributed by atoms with van der Waals surface area (Å²) < 4.78 is 50.9. The largest absolute Gasteiger partial charge is 0.481 e. The minimum Gasteiger partial charge on any atom is -0.481 e. The highest BCUT2D eigenvalue weighted by molar-refractivity contribution is 5.93. The van der Waals surface area contributed by atoms with Crippen LogP contribution in [0.1, 0.15) is 44.9 Å². The molecule has 0 aliphatic carbocycles. The maximum Gasteiger partial charge on any atom is 0.222 e. The zero-order valence-corrected chi connectivity index (χ0v) is 18.4. The van der Waals surface area contributed by atoms with Crippen LogP contribution in [0.5, 0.6) is 11.8 Å². The zero-order chi connectivity index (χ0) is 27.0. The van der Waals surface area contributed by atoms with E-state index in [1.54, 1.807) is 31.5 Å². The molecule has 0 fully saturated rings. The van der Waals surface area contributed by atoms with E-state index in [2.05, 4.69) is 20.4 Å². The number of aromatic nitrogens is 5. The normalized spacial score (nSPS) is 14.3. The molecule has 4 heterocycles. The molecule has 0 aliphatic heterocycles. The number of aryl methyl sites for hydroxylation is 1. The number of fused-ring (bicyclic) bond motifs is 1. The van der Waals surface area contributed by atoms with Gasteiger partial charge in [-0.25, -0.2) is 15.0 Å². The van der Waals surface area contributed by atoms with Crippen LogP contribution in [0.2, 0.25) is 0 Å². The third-order valence-corrected chi connectivity index (χ3v) is 5.02. The SMILES string of the molecule is [2H]C([2H])([2H])C([2H])([2H])Oc1ncccc1-c1cc(NCc2cccnc2OC)c2c(n1)c(C)nn2C(C)C. The van der Waals surface area contributed by atoms with Gasteiger partial charge in [0, 0.05) is 34.7 Å². The summed E-state index contributed by atoms with van der Waals surface area (Å²) in [4.78, 5) is 13.2. The minimum atomic E-state index is -3.01. The first kappa shape index (κ1) is 16.0. The van der Waals surface area contributed by atoms with Crippen LogP contribution in [0.15, 0.2) is 42.7 Å². The van der Waals surface area contributed by atoms with Gasteiger partial charge in [0.2, 0.25) is 11.8 Å². The number of nitrogens with zero attached hydrogens (tertiary/aromatic N) is 5. The highest BCUT2D eigenvalue weighted by Gasteiger charge is 2.19. The van der Waals surface area contributed by atoms with Crippen LogP contribution in [0.3, 0.4) is 0 Å². The summed E-state index contributed by atoms with van der Waals surface area (Å²) >= 11 is 0. The number of ether oxygens (including phenoxy) is 2. The maximum absolute atomic E-state index is 7.91. The molecule has 0 bridgehead atoms. The third-order valence-electron chi connectivity index (χ3n) is 5.02. The topological polar surface area (TPSA) is 87.0 Å². The van der Waals surface area contributed by atoms with Crippen LogP contribution in [-0.4, -0.2) is 38.4 Å². The number of rotatable bonds is 8. The van der Waals surface area contributed by atoms with Crippen molar-refractivity contribution in [2.24, 2.45) is 0 Å². The lowest BCUT2D eigenvalue weighted by molar-refractivity contribution is 0.328. The molecule has 4 aromatic rings. The predicted molar refractivity (Wildman–Crippen MR) is 125 cm³/mol. The number of hydrogen-bond acceptors (Lipinski definition) is 7. The molecule has 0 unspecified atom stereocenters. The molecule has 0 amide bonds. The lowest BCUT2D eigenvalue weighted by atomic mass is 10.1. The Labute approximate surface area is 194 Å². The van der Waals surface area contributed by atoms with E-state index in [0.717, 1.165) is 11.1 Å². The van der Waals surface area contributed by atoms with Gasteiger partial charge in [0.25, 0.3) is 0 Å². The number of pyridine rings is 3. The van der Waals surface area contributed by atoms with E-state index in [4.69, 9.17) is 21.3 Å². The average Bonchev–Trinajstić information content (AvgIpc) is 3.19. The Bertz CT molecular complexity index is 1420. The van der Waals surface area contributed by atoms with E-state index in [0.29, 0.717) is 40.6 Å². The third kappa shape index (κ3) is 4.08. The molecule has 0 aliphatic rings. The van der Waals surface area contributed by atoms with Crippen molar-refractivity contribution >= 4 is 16.7 Å². The summed E-state index contributed by atoms with van der Waals surface area (Å²) in [6, 6.07) is 8.89. The smallest absolute Gasteiger partial charge is 0.222 e. The van der Waals surface area contributed by atoms with Crippen LogP contribution in [0.4, 0.5) is 5.69 Å². The van der Waals surface area contributed by atoms with Gasteiger partial charge in [0.05, 0.1) is 39.0 Å². The van der Waals surface area contributed by atoms with E-state index in [-0.39, 0.29) is 11.9 Å². The highest BCUT2D eigenvalue weighted by Crippen LogP contribution is 2.35. The van der Waals surface area contributed by atoms with Crippen molar-refractivity contribution in [2.45, 2.75) is 40.2 Å². The fourth-order valence-electron chi connectivity index (χ4n) is 3.58. The van der Waals surface area contributed by atoms with Gasteiger partial charge in [-0.1, -0.05) is 6.07 Å². The quantitative estimate of drug-likeness (QED) is 0.424. The van der Waals surface area contributed by atoms with E-state index >= 15 is 0 Å². The lowest BCUT2D eigenvalue weighted by Crippen LogP contribution is -2.08. The Morgan fingerprint density at radius 3 is 2.72 bits per heavy atom. The van der Waals surface area contributed by atoms with Crippen LogP contribution in [-0.2, 0) is 6.54 Å². The summed E-state index contributed by atoms with van der Waals surface area (Å²) in [5.41, 5.74) is 4.47. The molecule has 0 saturated heterocycles. The van der Waals surface area contributed by atoms with E-state index in [9.17, 15) is 0 Å². The standard InChI is InChI=1S/C24H28N6O2/c1-6-32-24-18(10-8-12-26-24)19-13-20(27-14-17-9-7-11-25-23(17)31-5)22-21(28-19)16(4)29-30(22)15(2)3/h7-13,15H,6,14H2,1-5H3,(H,27,28)/i1D3,6D2. The van der Waals surface area contributed by atoms with E-state index < -0.39 is 13.4 Å². The van der Waals surface area contributed by atoms with Crippen molar-refractivity contribution in [3.05, 3.63) is 54.0 Å². The molecule has 0 radical (unpaired) electrons. The van der Waals surface area contributed by atoms with Gasteiger partial charge in [0.1, 0.15) is 11.0 Å². The van der Waals surface area contributed by atoms with Gasteiger partial charge < -0.3 is 14.8 Å². The van der Waals surface area contributed by atoms with E-state index in [1.807, 2.05) is 37.6 Å². The van der Waals surface area contributed by atoms with Crippen molar-refractivity contribution in [3.63, 3.8) is 0 Å². The van der Waals surface area contributed by atoms with Crippen molar-refractivity contribution < 1.29 is 16.3 Å². The van der Waals surface area contributed by atoms with Crippen LogP contribution < -0.4 is 14.8 Å². The number of nitrogens with one attached hydrogen (secondary N) is 1. The van der Waals surface area contributed by atoms with Crippen molar-refractivity contribution in [3.8, 4) is 23.0 Å². The van der Waals surface area contributed by atoms with Gasteiger partial charge in [-0.15, -0.1) is 0 Å². The number of methoxy groups -OCH3 is 1. The average molecular weight is 438 g/mol. The molecule has 0 saturated carbocycles. The maximum atomic E-state index is 7.91. The van der Waals surface area contributed by atoms with Gasteiger partial charge in [-0.05, 0) is 51.9 Å². The molecule has 166 valence electrons. The molecular weight excluding hydrogens is 404 g/mol. The first-order chi connectivity index (χ1) is 17.4. The molecule has 8 nitrogen and oxygen atoms in total. The van der Waals surface area contributed by atoms with Gasteiger partial charge in [-0.3, -0.25) is 4.68 Å². The Morgan fingerprint density at radius 2 is 1.97 bits per heavy atom. The molecule has 0 atom stereocenters. The van der Waals surface area contributed by atoms with Gasteiger partial charge in [-0.2, -0.15) is 5.10 Å². The van der Waals surface area contributed by atoms with Crippen LogP contribution >= 0.6 is 0 Å². The van der Waals surface area contributed by atoms with Crippen molar-refractivity contribution in [2.75, 3.05) is 19.0 Å². The van der Waals surface area contributed by atoms with Crippen LogP contribution in [0, 0.1) is 6.92 Å². The summed E-state index contributed by atoms with van der Waals surface area (Å²) in [5, 5.41) is 8.13. The monoisotopic (exact) mass is 437 g/mol. The lowest BCUT2D eigenvalue weighted by Gasteiger charge is -2.15. The summed E-state index contributed by atoms with van der Waals surface area (Å²) in [6.07, 6.45) is 3.06. The fraction of sp³-hybridized carbons (Fsp3) is 0.333. The Morgan fingerprint density at radius 1 is 1.19 bits per heavy atom. The minimum absolute atomic E-state index is 0.0566. The zero-order valence-electron chi connectivity index (χ0n) is 23.4. The molecule has 0 spiro atoms.